The Hall–Kier alpha value is -1.83. The van der Waals surface area contributed by atoms with Crippen molar-refractivity contribution in [3.63, 3.8) is 0 Å². The third-order valence-corrected chi connectivity index (χ3v) is 2.63. The zero-order valence-electron chi connectivity index (χ0n) is 9.22. The minimum Gasteiger partial charge on any atom is -0.431 e. The molecule has 2 aromatic rings. The number of para-hydroxylation sites is 1. The van der Waals surface area contributed by atoms with Gasteiger partial charge in [-0.05, 0) is 18.1 Å². The van der Waals surface area contributed by atoms with Crippen LogP contribution in [0.5, 0.6) is 10.9 Å². The van der Waals surface area contributed by atoms with Gasteiger partial charge in [-0.25, -0.2) is 0 Å². The number of hydrogen-bond donors (Lipinski definition) is 1. The highest BCUT2D eigenvalue weighted by molar-refractivity contribution is 7.11. The van der Waals surface area contributed by atoms with Crippen LogP contribution in [-0.2, 0) is 0 Å². The molecule has 0 aliphatic carbocycles. The van der Waals surface area contributed by atoms with Crippen LogP contribution in [0.2, 0.25) is 0 Å². The summed E-state index contributed by atoms with van der Waals surface area (Å²) in [6, 6.07) is 9.57. The van der Waals surface area contributed by atoms with E-state index in [2.05, 4.69) is 16.8 Å². The molecule has 0 amide bonds. The summed E-state index contributed by atoms with van der Waals surface area (Å²) >= 11 is 1.44. The van der Waals surface area contributed by atoms with Gasteiger partial charge >= 0.3 is 0 Å². The Balaban J connectivity index is 2.02. The summed E-state index contributed by atoms with van der Waals surface area (Å²) in [6.07, 6.45) is 0.687. The first-order chi connectivity index (χ1) is 8.38. The predicted molar refractivity (Wildman–Crippen MR) is 69.2 cm³/mol. The highest BCUT2D eigenvalue weighted by Gasteiger charge is 2.01. The zero-order valence-corrected chi connectivity index (χ0v) is 10.0. The van der Waals surface area contributed by atoms with Crippen LogP contribution in [0.3, 0.4) is 0 Å². The largest absolute Gasteiger partial charge is 0.431 e. The second-order valence-electron chi connectivity index (χ2n) is 3.25. The van der Waals surface area contributed by atoms with Gasteiger partial charge in [0.2, 0.25) is 0 Å². The molecule has 4 heteroatoms. The molecule has 0 aliphatic heterocycles. The molecule has 86 valence electrons. The second-order valence-corrected chi connectivity index (χ2v) is 4.07. The summed E-state index contributed by atoms with van der Waals surface area (Å²) in [6.45, 7) is 0.574. The summed E-state index contributed by atoms with van der Waals surface area (Å²) in [7, 11) is 0. The topological polar surface area (TPSA) is 48.1 Å². The summed E-state index contributed by atoms with van der Waals surface area (Å²) in [5.41, 5.74) is 6.09. The van der Waals surface area contributed by atoms with Gasteiger partial charge in [0.05, 0.1) is 0 Å². The number of ether oxygens (including phenoxy) is 1. The number of benzene rings is 1. The van der Waals surface area contributed by atoms with Crippen molar-refractivity contribution in [1.29, 1.82) is 0 Å². The molecule has 0 bridgehead atoms. The minimum atomic E-state index is 0.574. The van der Waals surface area contributed by atoms with Crippen LogP contribution in [-0.4, -0.2) is 11.5 Å². The van der Waals surface area contributed by atoms with Crippen molar-refractivity contribution >= 4 is 11.3 Å². The fourth-order valence-electron chi connectivity index (χ4n) is 1.18. The van der Waals surface area contributed by atoms with E-state index in [9.17, 15) is 0 Å². The molecular formula is C13H12N2OS. The molecule has 0 unspecified atom stereocenters. The van der Waals surface area contributed by atoms with Gasteiger partial charge < -0.3 is 10.5 Å². The first kappa shape index (κ1) is 11.6. The maximum Gasteiger partial charge on any atom is 0.279 e. The Labute approximate surface area is 104 Å². The number of hydrogen-bond acceptors (Lipinski definition) is 4. The van der Waals surface area contributed by atoms with Crippen molar-refractivity contribution in [2.24, 2.45) is 5.73 Å². The number of nitrogens with zero attached hydrogens (tertiary/aromatic N) is 1. The lowest BCUT2D eigenvalue weighted by molar-refractivity contribution is 0.478. The average Bonchev–Trinajstić information content (AvgIpc) is 2.79. The normalized spacial score (nSPS) is 9.47. The molecular weight excluding hydrogens is 232 g/mol. The molecule has 0 saturated heterocycles. The van der Waals surface area contributed by atoms with Crippen molar-refractivity contribution in [1.82, 2.24) is 4.98 Å². The van der Waals surface area contributed by atoms with Crippen LogP contribution >= 0.6 is 11.3 Å². The number of rotatable bonds is 3. The van der Waals surface area contributed by atoms with Gasteiger partial charge in [-0.1, -0.05) is 35.5 Å². The van der Waals surface area contributed by atoms with Crippen molar-refractivity contribution in [2.75, 3.05) is 6.54 Å². The van der Waals surface area contributed by atoms with Crippen LogP contribution in [0.1, 0.15) is 12.1 Å². The lowest BCUT2D eigenvalue weighted by Gasteiger charge is -1.98. The molecule has 3 nitrogen and oxygen atoms in total. The summed E-state index contributed by atoms with van der Waals surface area (Å²) in [4.78, 5) is 4.26. The Morgan fingerprint density at radius 2 is 2.12 bits per heavy atom. The summed E-state index contributed by atoms with van der Waals surface area (Å²) < 4.78 is 5.58. The van der Waals surface area contributed by atoms with E-state index in [1.165, 1.54) is 11.3 Å². The maximum atomic E-state index is 5.58. The first-order valence-electron chi connectivity index (χ1n) is 5.26. The lowest BCUT2D eigenvalue weighted by atomic mass is 10.3. The fourth-order valence-corrected chi connectivity index (χ4v) is 1.80. The second kappa shape index (κ2) is 6.04. The third kappa shape index (κ3) is 3.59. The van der Waals surface area contributed by atoms with E-state index in [0.29, 0.717) is 18.2 Å². The van der Waals surface area contributed by atoms with E-state index in [0.717, 1.165) is 11.4 Å². The molecule has 17 heavy (non-hydrogen) atoms. The van der Waals surface area contributed by atoms with Gasteiger partial charge in [-0.3, -0.25) is 0 Å². The number of thiazole rings is 1. The van der Waals surface area contributed by atoms with Gasteiger partial charge in [0, 0.05) is 18.3 Å². The van der Waals surface area contributed by atoms with Gasteiger partial charge in [-0.15, -0.1) is 0 Å². The smallest absolute Gasteiger partial charge is 0.279 e. The SMILES string of the molecule is NCCC#Cc1csc(Oc2ccccc2)n1. The summed E-state index contributed by atoms with van der Waals surface area (Å²) in [5, 5.41) is 2.48. The van der Waals surface area contributed by atoms with E-state index in [1.54, 1.807) is 0 Å². The average molecular weight is 244 g/mol. The van der Waals surface area contributed by atoms with E-state index >= 15 is 0 Å². The van der Waals surface area contributed by atoms with Crippen LogP contribution in [0.4, 0.5) is 0 Å². The van der Waals surface area contributed by atoms with Crippen molar-refractivity contribution in [2.45, 2.75) is 6.42 Å². The maximum absolute atomic E-state index is 5.58. The van der Waals surface area contributed by atoms with Gasteiger partial charge in [0.15, 0.2) is 0 Å². The predicted octanol–water partition coefficient (Wildman–Crippen LogP) is 2.64. The monoisotopic (exact) mass is 244 g/mol. The van der Waals surface area contributed by atoms with Crippen LogP contribution in [0, 0.1) is 11.8 Å². The standard InChI is InChI=1S/C13H12N2OS/c14-9-5-4-6-11-10-17-13(15-11)16-12-7-2-1-3-8-12/h1-3,7-8,10H,5,9,14H2. The van der Waals surface area contributed by atoms with E-state index < -0.39 is 0 Å². The quantitative estimate of drug-likeness (QED) is 0.844. The van der Waals surface area contributed by atoms with E-state index in [4.69, 9.17) is 10.5 Å². The lowest BCUT2D eigenvalue weighted by Crippen LogP contribution is -1.95. The first-order valence-corrected chi connectivity index (χ1v) is 6.14. The van der Waals surface area contributed by atoms with Crippen molar-refractivity contribution in [3.05, 3.63) is 41.4 Å². The molecule has 2 N–H and O–H groups in total. The Morgan fingerprint density at radius 1 is 1.29 bits per heavy atom. The molecule has 0 radical (unpaired) electrons. The Bertz CT molecular complexity index is 525. The van der Waals surface area contributed by atoms with Crippen molar-refractivity contribution < 1.29 is 4.74 Å². The number of aromatic nitrogens is 1. The minimum absolute atomic E-state index is 0.574. The molecule has 1 aromatic heterocycles. The molecule has 1 heterocycles. The molecule has 0 aliphatic rings. The molecule has 0 saturated carbocycles. The fraction of sp³-hybridized carbons (Fsp3) is 0.154. The Kier molecular flexibility index (Phi) is 4.14. The molecule has 0 atom stereocenters. The van der Waals surface area contributed by atoms with Crippen LogP contribution < -0.4 is 10.5 Å². The van der Waals surface area contributed by atoms with Gasteiger partial charge in [0.25, 0.3) is 5.19 Å². The highest BCUT2D eigenvalue weighted by atomic mass is 32.1. The van der Waals surface area contributed by atoms with Crippen LogP contribution in [0.15, 0.2) is 35.7 Å². The summed E-state index contributed by atoms with van der Waals surface area (Å²) in [5.74, 6) is 6.66. The van der Waals surface area contributed by atoms with Crippen molar-refractivity contribution in [3.8, 4) is 22.8 Å². The number of nitrogens with two attached hydrogens (primary N) is 1. The van der Waals surface area contributed by atoms with Gasteiger partial charge in [-0.2, -0.15) is 4.98 Å². The molecule has 0 fully saturated rings. The van der Waals surface area contributed by atoms with E-state index in [1.807, 2.05) is 35.7 Å². The molecule has 0 spiro atoms. The Morgan fingerprint density at radius 3 is 2.88 bits per heavy atom. The van der Waals surface area contributed by atoms with E-state index in [-0.39, 0.29) is 0 Å². The van der Waals surface area contributed by atoms with Crippen LogP contribution in [0.25, 0.3) is 0 Å². The third-order valence-electron chi connectivity index (χ3n) is 1.92. The molecule has 2 rings (SSSR count). The zero-order chi connectivity index (χ0) is 11.9. The highest BCUT2D eigenvalue weighted by Crippen LogP contribution is 2.24. The molecule has 1 aromatic carbocycles. The van der Waals surface area contributed by atoms with Gasteiger partial charge in [0.1, 0.15) is 11.4 Å².